The van der Waals surface area contributed by atoms with E-state index in [0.717, 1.165) is 0 Å². The van der Waals surface area contributed by atoms with Crippen LogP contribution in [0.4, 0.5) is 17.3 Å². The molecule has 0 nitrogen and oxygen atoms in total. The summed E-state index contributed by atoms with van der Waals surface area (Å²) >= 11 is 0. The minimum Gasteiger partial charge on any atom is -0.418 e. The maximum Gasteiger partial charge on any atom is 0.673 e. The van der Waals surface area contributed by atoms with E-state index < -0.39 is 7.25 Å². The zero-order valence-corrected chi connectivity index (χ0v) is 8.64. The minimum atomic E-state index is -6.00. The quantitative estimate of drug-likeness (QED) is 0.427. The maximum atomic E-state index is 9.75. The van der Waals surface area contributed by atoms with Gasteiger partial charge < -0.3 is 17.3 Å². The zero-order chi connectivity index (χ0) is 11.1. The average molecular weight is 223 g/mol. The molecule has 0 saturated heterocycles. The molecule has 0 radical (unpaired) electrons. The van der Waals surface area contributed by atoms with Gasteiger partial charge in [0.05, 0.1) is 0 Å². The Morgan fingerprint density at radius 2 is 0.667 bits per heavy atom. The van der Waals surface area contributed by atoms with Crippen molar-refractivity contribution >= 4 is 7.25 Å². The van der Waals surface area contributed by atoms with Gasteiger partial charge in [-0.2, -0.15) is 0 Å². The molecule has 88 valence electrons. The maximum absolute atomic E-state index is 9.75. The molecule has 4 aliphatic carbocycles. The van der Waals surface area contributed by atoms with Gasteiger partial charge in [0.1, 0.15) is 0 Å². The number of halogens is 4. The summed E-state index contributed by atoms with van der Waals surface area (Å²) in [6.45, 7) is 0. The van der Waals surface area contributed by atoms with E-state index in [1.807, 2.05) is 0 Å². The van der Waals surface area contributed by atoms with Crippen molar-refractivity contribution in [2.24, 2.45) is 23.7 Å². The smallest absolute Gasteiger partial charge is 0.418 e. The summed E-state index contributed by atoms with van der Waals surface area (Å²) in [7, 11) is -6.00. The summed E-state index contributed by atoms with van der Waals surface area (Å²) in [5.41, 5.74) is 0. The molecule has 4 aliphatic rings. The molecule has 0 amide bonds. The second kappa shape index (κ2) is 3.98. The highest BCUT2D eigenvalue weighted by Gasteiger charge is 2.41. The third-order valence-corrected chi connectivity index (χ3v) is 4.00. The fraction of sp³-hybridized carbons (Fsp3) is 1.00. The highest BCUT2D eigenvalue weighted by Crippen LogP contribution is 2.53. The Hall–Kier alpha value is -0.215. The van der Waals surface area contributed by atoms with Crippen molar-refractivity contribution in [3.63, 3.8) is 0 Å². The third-order valence-electron chi connectivity index (χ3n) is 4.00. The molecule has 5 heteroatoms. The lowest BCUT2D eigenvalue weighted by atomic mass is 9.56. The Labute approximate surface area is 87.5 Å². The summed E-state index contributed by atoms with van der Waals surface area (Å²) < 4.78 is 39.0. The molecule has 4 bridgehead atoms. The van der Waals surface area contributed by atoms with Crippen LogP contribution >= 0.6 is 0 Å². The first-order chi connectivity index (χ1) is 6.90. The second-order valence-electron chi connectivity index (χ2n) is 5.37. The van der Waals surface area contributed by atoms with Crippen LogP contribution in [-0.4, -0.2) is 7.25 Å². The van der Waals surface area contributed by atoms with Gasteiger partial charge in [-0.15, -0.1) is 0 Å². The Morgan fingerprint density at radius 3 is 0.800 bits per heavy atom. The largest absolute Gasteiger partial charge is 0.673 e. The Kier molecular flexibility index (Phi) is 2.99. The molecular formula is C10H16BF4-. The molecule has 15 heavy (non-hydrogen) atoms. The summed E-state index contributed by atoms with van der Waals surface area (Å²) in [5, 5.41) is 0. The number of hydrogen-bond acceptors (Lipinski definition) is 0. The summed E-state index contributed by atoms with van der Waals surface area (Å²) in [6, 6.07) is 0. The Balaban J connectivity index is 0.000000149. The lowest BCUT2D eigenvalue weighted by molar-refractivity contribution is 0.0198. The lowest BCUT2D eigenvalue weighted by Crippen LogP contribution is -2.38. The van der Waals surface area contributed by atoms with E-state index in [9.17, 15) is 17.3 Å². The van der Waals surface area contributed by atoms with Crippen molar-refractivity contribution in [1.82, 2.24) is 0 Å². The molecule has 0 heterocycles. The fourth-order valence-corrected chi connectivity index (χ4v) is 3.98. The van der Waals surface area contributed by atoms with Gasteiger partial charge in [-0.1, -0.05) is 0 Å². The summed E-state index contributed by atoms with van der Waals surface area (Å²) in [5.74, 6) is 4.71. The van der Waals surface area contributed by atoms with Crippen molar-refractivity contribution < 1.29 is 17.3 Å². The minimum absolute atomic E-state index is 1.18. The summed E-state index contributed by atoms with van der Waals surface area (Å²) in [4.78, 5) is 0. The second-order valence-corrected chi connectivity index (χ2v) is 5.37. The van der Waals surface area contributed by atoms with E-state index >= 15 is 0 Å². The average Bonchev–Trinajstić information content (AvgIpc) is 1.96. The van der Waals surface area contributed by atoms with Crippen molar-refractivity contribution in [3.05, 3.63) is 0 Å². The molecule has 0 atom stereocenters. The molecule has 0 unspecified atom stereocenters. The molecule has 0 aliphatic heterocycles. The van der Waals surface area contributed by atoms with Gasteiger partial charge in [-0.25, -0.2) is 0 Å². The van der Waals surface area contributed by atoms with Crippen LogP contribution in [0.15, 0.2) is 0 Å². The monoisotopic (exact) mass is 223 g/mol. The van der Waals surface area contributed by atoms with E-state index in [-0.39, 0.29) is 0 Å². The van der Waals surface area contributed by atoms with Gasteiger partial charge in [0, 0.05) is 0 Å². The Morgan fingerprint density at radius 1 is 0.533 bits per heavy atom. The van der Waals surface area contributed by atoms with E-state index in [1.54, 1.807) is 38.5 Å². The van der Waals surface area contributed by atoms with Gasteiger partial charge in [0.2, 0.25) is 0 Å². The topological polar surface area (TPSA) is 0 Å². The summed E-state index contributed by atoms with van der Waals surface area (Å²) in [6.07, 6.45) is 9.62. The predicted molar refractivity (Wildman–Crippen MR) is 51.8 cm³/mol. The standard InChI is InChI=1S/C10H16.BF4/c1-7-2-9-4-8(1)5-10(3-7)6-9;2-1(3,4)5/h7-10H,1-6H2;/q;-1. The van der Waals surface area contributed by atoms with Gasteiger partial charge >= 0.3 is 7.25 Å². The molecule has 0 aromatic rings. The van der Waals surface area contributed by atoms with Crippen LogP contribution in [0.1, 0.15) is 38.5 Å². The van der Waals surface area contributed by atoms with Gasteiger partial charge in [0.25, 0.3) is 0 Å². The molecule has 4 fully saturated rings. The van der Waals surface area contributed by atoms with Crippen molar-refractivity contribution in [2.75, 3.05) is 0 Å². The van der Waals surface area contributed by atoms with E-state index in [2.05, 4.69) is 0 Å². The lowest BCUT2D eigenvalue weighted by Gasteiger charge is -2.49. The first-order valence-corrected chi connectivity index (χ1v) is 5.77. The van der Waals surface area contributed by atoms with E-state index in [1.165, 1.54) is 23.7 Å². The normalized spacial score (nSPS) is 42.4. The first-order valence-electron chi connectivity index (χ1n) is 5.77. The van der Waals surface area contributed by atoms with Crippen molar-refractivity contribution in [1.29, 1.82) is 0 Å². The third kappa shape index (κ3) is 3.38. The Bertz CT molecular complexity index is 163. The van der Waals surface area contributed by atoms with Crippen LogP contribution in [0.25, 0.3) is 0 Å². The van der Waals surface area contributed by atoms with Gasteiger partial charge in [0.15, 0.2) is 0 Å². The van der Waals surface area contributed by atoms with Crippen LogP contribution in [0.2, 0.25) is 0 Å². The number of hydrogen-bond donors (Lipinski definition) is 0. The molecule has 0 spiro atoms. The van der Waals surface area contributed by atoms with E-state index in [0.29, 0.717) is 0 Å². The van der Waals surface area contributed by atoms with Crippen LogP contribution < -0.4 is 0 Å². The predicted octanol–water partition coefficient (Wildman–Crippen LogP) is 4.13. The zero-order valence-electron chi connectivity index (χ0n) is 8.64. The highest BCUT2D eigenvalue weighted by molar-refractivity contribution is 6.50. The SMILES string of the molecule is C1C2CC3CC1CC(C2)C3.F[B-](F)(F)F. The van der Waals surface area contributed by atoms with Crippen molar-refractivity contribution in [3.8, 4) is 0 Å². The first kappa shape index (κ1) is 11.3. The van der Waals surface area contributed by atoms with Gasteiger partial charge in [-0.3, -0.25) is 0 Å². The van der Waals surface area contributed by atoms with Crippen LogP contribution in [0.3, 0.4) is 0 Å². The van der Waals surface area contributed by atoms with Crippen LogP contribution in [-0.2, 0) is 0 Å². The molecule has 0 aromatic heterocycles. The molecule has 0 N–H and O–H groups in total. The molecule has 4 saturated carbocycles. The molecule has 0 aromatic carbocycles. The van der Waals surface area contributed by atoms with Crippen LogP contribution in [0, 0.1) is 23.7 Å². The van der Waals surface area contributed by atoms with Gasteiger partial charge in [-0.05, 0) is 62.2 Å². The highest BCUT2D eigenvalue weighted by atomic mass is 19.5. The van der Waals surface area contributed by atoms with E-state index in [4.69, 9.17) is 0 Å². The van der Waals surface area contributed by atoms with Crippen molar-refractivity contribution in [2.45, 2.75) is 38.5 Å². The fourth-order valence-electron chi connectivity index (χ4n) is 3.98. The molecule has 4 rings (SSSR count). The van der Waals surface area contributed by atoms with Crippen LogP contribution in [0.5, 0.6) is 0 Å². The number of rotatable bonds is 0. The molecular weight excluding hydrogens is 207 g/mol.